The SMILES string of the molecule is CCOC(=O)c1sc(NC(=O)CSc2nnc(CNC(=O)c3ccc(C)c([N+](=O)[O-])c3)n2-c2cccc(C)c2)c(C(=O)OCC)c1C. The molecule has 0 saturated heterocycles. The summed E-state index contributed by atoms with van der Waals surface area (Å²) in [5.74, 6) is -2.09. The molecule has 0 unspecified atom stereocenters. The lowest BCUT2D eigenvalue weighted by Crippen LogP contribution is -2.25. The highest BCUT2D eigenvalue weighted by Gasteiger charge is 2.28. The van der Waals surface area contributed by atoms with Crippen LogP contribution >= 0.6 is 23.1 Å². The lowest BCUT2D eigenvalue weighted by Gasteiger charge is -2.12. The largest absolute Gasteiger partial charge is 0.462 e. The van der Waals surface area contributed by atoms with Crippen molar-refractivity contribution in [1.29, 1.82) is 0 Å². The van der Waals surface area contributed by atoms with Gasteiger partial charge < -0.3 is 20.1 Å². The van der Waals surface area contributed by atoms with Crippen LogP contribution in [0.5, 0.6) is 0 Å². The molecule has 47 heavy (non-hydrogen) atoms. The first-order chi connectivity index (χ1) is 22.4. The van der Waals surface area contributed by atoms with Gasteiger partial charge in [0.05, 0.1) is 36.0 Å². The number of hydrogen-bond donors (Lipinski definition) is 2. The fraction of sp³-hybridized carbons (Fsp3) is 0.290. The zero-order chi connectivity index (χ0) is 34.2. The molecule has 2 heterocycles. The van der Waals surface area contributed by atoms with Gasteiger partial charge in [-0.3, -0.25) is 24.3 Å². The van der Waals surface area contributed by atoms with Crippen LogP contribution in [0.4, 0.5) is 10.7 Å². The molecule has 0 atom stereocenters. The number of aryl methyl sites for hydroxylation is 2. The van der Waals surface area contributed by atoms with E-state index in [1.807, 2.05) is 31.2 Å². The van der Waals surface area contributed by atoms with E-state index in [-0.39, 0.29) is 52.2 Å². The minimum atomic E-state index is -0.675. The van der Waals surface area contributed by atoms with E-state index in [2.05, 4.69) is 20.8 Å². The van der Waals surface area contributed by atoms with E-state index in [9.17, 15) is 29.3 Å². The maximum atomic E-state index is 13.2. The van der Waals surface area contributed by atoms with Crippen LogP contribution in [0.1, 0.15) is 66.7 Å². The Morgan fingerprint density at radius 2 is 1.72 bits per heavy atom. The Bertz CT molecular complexity index is 1850. The summed E-state index contributed by atoms with van der Waals surface area (Å²) in [4.78, 5) is 62.3. The molecule has 0 aliphatic heterocycles. The highest BCUT2D eigenvalue weighted by Crippen LogP contribution is 2.35. The number of esters is 2. The van der Waals surface area contributed by atoms with Crippen molar-refractivity contribution in [1.82, 2.24) is 20.1 Å². The topological polar surface area (TPSA) is 185 Å². The number of nitrogens with zero attached hydrogens (tertiary/aromatic N) is 4. The minimum Gasteiger partial charge on any atom is -0.462 e. The van der Waals surface area contributed by atoms with Gasteiger partial charge in [-0.2, -0.15) is 0 Å². The molecule has 2 aromatic carbocycles. The molecular weight excluding hydrogens is 649 g/mol. The predicted molar refractivity (Wildman–Crippen MR) is 175 cm³/mol. The fourth-order valence-electron chi connectivity index (χ4n) is 4.48. The van der Waals surface area contributed by atoms with Crippen molar-refractivity contribution in [2.24, 2.45) is 0 Å². The Balaban J connectivity index is 1.55. The maximum Gasteiger partial charge on any atom is 0.348 e. The summed E-state index contributed by atoms with van der Waals surface area (Å²) in [6.45, 7) is 8.59. The Morgan fingerprint density at radius 1 is 1.00 bits per heavy atom. The van der Waals surface area contributed by atoms with Crippen LogP contribution < -0.4 is 10.6 Å². The van der Waals surface area contributed by atoms with E-state index in [1.54, 1.807) is 32.3 Å². The number of amides is 2. The maximum absolute atomic E-state index is 13.2. The summed E-state index contributed by atoms with van der Waals surface area (Å²) in [6.07, 6.45) is 0. The van der Waals surface area contributed by atoms with Crippen LogP contribution in [0.25, 0.3) is 5.69 Å². The van der Waals surface area contributed by atoms with Gasteiger partial charge in [-0.05, 0) is 63.9 Å². The van der Waals surface area contributed by atoms with Gasteiger partial charge in [0, 0.05) is 22.9 Å². The summed E-state index contributed by atoms with van der Waals surface area (Å²) < 4.78 is 12.0. The number of anilines is 1. The van der Waals surface area contributed by atoms with Gasteiger partial charge in [-0.1, -0.05) is 30.0 Å². The fourth-order valence-corrected chi connectivity index (χ4v) is 6.35. The number of nitro groups is 1. The number of carbonyl (C=O) groups is 4. The second-order valence-electron chi connectivity index (χ2n) is 10.1. The van der Waals surface area contributed by atoms with E-state index < -0.39 is 28.7 Å². The zero-order valence-electron chi connectivity index (χ0n) is 26.2. The van der Waals surface area contributed by atoms with Gasteiger partial charge in [0.1, 0.15) is 9.88 Å². The third kappa shape index (κ3) is 8.20. The molecular formula is C31H32N6O8S2. The van der Waals surface area contributed by atoms with Gasteiger partial charge in [0.2, 0.25) is 5.91 Å². The Kier molecular flexibility index (Phi) is 11.4. The number of nitro benzene ring substituents is 1. The molecule has 4 rings (SSSR count). The molecule has 2 amide bonds. The summed E-state index contributed by atoms with van der Waals surface area (Å²) in [5, 5.41) is 25.8. The highest BCUT2D eigenvalue weighted by atomic mass is 32.2. The van der Waals surface area contributed by atoms with Crippen LogP contribution in [0, 0.1) is 30.9 Å². The molecule has 4 aromatic rings. The first-order valence-corrected chi connectivity index (χ1v) is 16.2. The van der Waals surface area contributed by atoms with E-state index in [0.29, 0.717) is 27.8 Å². The number of rotatable bonds is 13. The van der Waals surface area contributed by atoms with Gasteiger partial charge >= 0.3 is 11.9 Å². The van der Waals surface area contributed by atoms with Crippen LogP contribution in [0.2, 0.25) is 0 Å². The lowest BCUT2D eigenvalue weighted by atomic mass is 10.1. The van der Waals surface area contributed by atoms with E-state index in [4.69, 9.17) is 9.47 Å². The van der Waals surface area contributed by atoms with Crippen molar-refractivity contribution < 1.29 is 33.6 Å². The van der Waals surface area contributed by atoms with E-state index in [1.165, 1.54) is 18.2 Å². The van der Waals surface area contributed by atoms with Crippen molar-refractivity contribution in [3.63, 3.8) is 0 Å². The standard InChI is InChI=1S/C31H32N6O8S2/c1-6-44-29(40)25-19(5)26(30(41)45-7-2)47-28(25)33-24(38)16-46-31-35-34-23(36(31)21-10-8-9-17(3)13-21)15-32-27(39)20-12-11-18(4)22(14-20)37(42)43/h8-14H,6-7,15-16H2,1-5H3,(H,32,39)(H,33,38). The molecule has 14 nitrogen and oxygen atoms in total. The predicted octanol–water partition coefficient (Wildman–Crippen LogP) is 5.18. The van der Waals surface area contributed by atoms with Crippen molar-refractivity contribution in [3.05, 3.63) is 91.1 Å². The van der Waals surface area contributed by atoms with Gasteiger partial charge in [-0.25, -0.2) is 9.59 Å². The molecule has 0 radical (unpaired) electrons. The minimum absolute atomic E-state index is 0.0672. The number of thioether (sulfide) groups is 1. The first-order valence-electron chi connectivity index (χ1n) is 14.4. The quantitative estimate of drug-likeness (QED) is 0.0821. The van der Waals surface area contributed by atoms with Gasteiger partial charge in [0.25, 0.3) is 11.6 Å². The Hall–Kier alpha value is -5.09. The monoisotopic (exact) mass is 680 g/mol. The molecule has 0 aliphatic rings. The molecule has 246 valence electrons. The van der Waals surface area contributed by atoms with Gasteiger partial charge in [-0.15, -0.1) is 21.5 Å². The van der Waals surface area contributed by atoms with E-state index in [0.717, 1.165) is 28.7 Å². The second kappa shape index (κ2) is 15.5. The third-order valence-electron chi connectivity index (χ3n) is 6.71. The van der Waals surface area contributed by atoms with Crippen molar-refractivity contribution in [2.75, 3.05) is 24.3 Å². The average molecular weight is 681 g/mol. The Labute approximate surface area is 278 Å². The summed E-state index contributed by atoms with van der Waals surface area (Å²) in [6, 6.07) is 11.7. The van der Waals surface area contributed by atoms with E-state index >= 15 is 0 Å². The molecule has 16 heteroatoms. The van der Waals surface area contributed by atoms with Crippen molar-refractivity contribution in [2.45, 2.75) is 46.3 Å². The Morgan fingerprint density at radius 3 is 2.40 bits per heavy atom. The lowest BCUT2D eigenvalue weighted by molar-refractivity contribution is -0.385. The number of ether oxygens (including phenoxy) is 2. The number of carbonyl (C=O) groups excluding carboxylic acids is 4. The molecule has 0 bridgehead atoms. The number of nitrogens with one attached hydrogen (secondary N) is 2. The summed E-state index contributed by atoms with van der Waals surface area (Å²) in [7, 11) is 0. The number of aromatic nitrogens is 3. The first kappa shape index (κ1) is 34.8. The van der Waals surface area contributed by atoms with Crippen LogP contribution in [-0.4, -0.2) is 62.4 Å². The molecule has 0 fully saturated rings. The number of hydrogen-bond acceptors (Lipinski definition) is 12. The molecule has 0 aliphatic carbocycles. The van der Waals surface area contributed by atoms with Crippen LogP contribution in [0.3, 0.4) is 0 Å². The number of benzene rings is 2. The van der Waals surface area contributed by atoms with Crippen molar-refractivity contribution >= 4 is 57.5 Å². The van der Waals surface area contributed by atoms with Gasteiger partial charge in [0.15, 0.2) is 11.0 Å². The molecule has 0 saturated carbocycles. The third-order valence-corrected chi connectivity index (χ3v) is 8.82. The smallest absolute Gasteiger partial charge is 0.348 e. The summed E-state index contributed by atoms with van der Waals surface area (Å²) in [5.41, 5.74) is 2.45. The second-order valence-corrected chi connectivity index (χ2v) is 12.0. The molecule has 2 N–H and O–H groups in total. The van der Waals surface area contributed by atoms with Crippen LogP contribution in [0.15, 0.2) is 47.6 Å². The van der Waals surface area contributed by atoms with Crippen molar-refractivity contribution in [3.8, 4) is 5.69 Å². The zero-order valence-corrected chi connectivity index (χ0v) is 27.9. The van der Waals surface area contributed by atoms with Crippen LogP contribution in [-0.2, 0) is 20.8 Å². The number of thiophene rings is 1. The summed E-state index contributed by atoms with van der Waals surface area (Å²) >= 11 is 2.00. The highest BCUT2D eigenvalue weighted by molar-refractivity contribution is 7.99. The normalized spacial score (nSPS) is 10.7. The average Bonchev–Trinajstić information content (AvgIpc) is 3.59. The molecule has 0 spiro atoms. The molecule has 2 aromatic heterocycles.